The molecule has 0 atom stereocenters. The van der Waals surface area contributed by atoms with Crippen molar-refractivity contribution in [3.8, 4) is 0 Å². The van der Waals surface area contributed by atoms with E-state index in [1.54, 1.807) is 0 Å². The summed E-state index contributed by atoms with van der Waals surface area (Å²) in [5.74, 6) is -0.0981. The molecule has 0 heterocycles. The van der Waals surface area contributed by atoms with Crippen molar-refractivity contribution < 1.29 is 14.7 Å². The molecule has 0 aromatic heterocycles. The first kappa shape index (κ1) is 18.5. The van der Waals surface area contributed by atoms with E-state index in [-0.39, 0.29) is 18.2 Å². The van der Waals surface area contributed by atoms with E-state index in [9.17, 15) is 14.7 Å². The number of hydrogen-bond donors (Lipinski definition) is 3. The maximum Gasteiger partial charge on any atom is 0.224 e. The van der Waals surface area contributed by atoms with Crippen LogP contribution in [0.5, 0.6) is 0 Å². The third-order valence-electron chi connectivity index (χ3n) is 4.48. The van der Waals surface area contributed by atoms with Crippen LogP contribution in [0, 0.1) is 0 Å². The summed E-state index contributed by atoms with van der Waals surface area (Å²) in [6.07, 6.45) is 6.08. The normalized spacial score (nSPS) is 16.4. The Morgan fingerprint density at radius 1 is 1.08 bits per heavy atom. The average Bonchev–Trinajstić information content (AvgIpc) is 2.54. The van der Waals surface area contributed by atoms with Gasteiger partial charge in [0.15, 0.2) is 0 Å². The quantitative estimate of drug-likeness (QED) is 0.718. The van der Waals surface area contributed by atoms with Gasteiger partial charge in [-0.25, -0.2) is 0 Å². The maximum atomic E-state index is 12.0. The molecule has 1 aliphatic rings. The minimum atomic E-state index is -0.824. The van der Waals surface area contributed by atoms with Gasteiger partial charge < -0.3 is 15.7 Å². The van der Waals surface area contributed by atoms with E-state index in [0.717, 1.165) is 36.9 Å². The van der Waals surface area contributed by atoms with Gasteiger partial charge in [0.05, 0.1) is 12.0 Å². The van der Waals surface area contributed by atoms with Gasteiger partial charge in [0.25, 0.3) is 0 Å². The number of rotatable bonds is 7. The molecule has 0 spiro atoms. The molecule has 2 amide bonds. The zero-order valence-electron chi connectivity index (χ0n) is 14.4. The topological polar surface area (TPSA) is 78.4 Å². The Balaban J connectivity index is 1.77. The fourth-order valence-corrected chi connectivity index (χ4v) is 3.11. The van der Waals surface area contributed by atoms with Gasteiger partial charge in [-0.3, -0.25) is 9.59 Å². The second kappa shape index (κ2) is 8.83. The smallest absolute Gasteiger partial charge is 0.224 e. The van der Waals surface area contributed by atoms with Crippen molar-refractivity contribution in [2.75, 3.05) is 5.32 Å². The predicted molar refractivity (Wildman–Crippen MR) is 94.5 cm³/mol. The molecule has 5 nitrogen and oxygen atoms in total. The van der Waals surface area contributed by atoms with E-state index in [1.807, 2.05) is 31.2 Å². The fourth-order valence-electron chi connectivity index (χ4n) is 3.11. The Morgan fingerprint density at radius 2 is 1.75 bits per heavy atom. The van der Waals surface area contributed by atoms with Gasteiger partial charge in [0, 0.05) is 18.7 Å². The Morgan fingerprint density at radius 3 is 2.38 bits per heavy atom. The van der Waals surface area contributed by atoms with Crippen LogP contribution in [0.2, 0.25) is 0 Å². The van der Waals surface area contributed by atoms with Crippen LogP contribution >= 0.6 is 0 Å². The summed E-state index contributed by atoms with van der Waals surface area (Å²) in [6, 6.07) is 7.45. The Bertz CT molecular complexity index is 548. The van der Waals surface area contributed by atoms with E-state index in [4.69, 9.17) is 0 Å². The van der Waals surface area contributed by atoms with Crippen LogP contribution in [-0.2, 0) is 16.1 Å². The third kappa shape index (κ3) is 5.96. The van der Waals surface area contributed by atoms with E-state index in [1.165, 1.54) is 0 Å². The number of amides is 2. The largest absolute Gasteiger partial charge is 0.389 e. The van der Waals surface area contributed by atoms with Crippen LogP contribution in [0.25, 0.3) is 0 Å². The summed E-state index contributed by atoms with van der Waals surface area (Å²) in [5, 5.41) is 16.1. The van der Waals surface area contributed by atoms with E-state index >= 15 is 0 Å². The van der Waals surface area contributed by atoms with Crippen molar-refractivity contribution in [1.29, 1.82) is 0 Å². The fraction of sp³-hybridized carbons (Fsp3) is 0.579. The zero-order valence-corrected chi connectivity index (χ0v) is 14.4. The highest BCUT2D eigenvalue weighted by Gasteiger charge is 2.31. The number of carbonyl (C=O) groups is 2. The highest BCUT2D eigenvalue weighted by Crippen LogP contribution is 2.30. The summed E-state index contributed by atoms with van der Waals surface area (Å²) >= 11 is 0. The van der Waals surface area contributed by atoms with Crippen LogP contribution < -0.4 is 10.6 Å². The lowest BCUT2D eigenvalue weighted by Gasteiger charge is -2.31. The highest BCUT2D eigenvalue weighted by atomic mass is 16.3. The summed E-state index contributed by atoms with van der Waals surface area (Å²) in [4.78, 5) is 23.6. The molecule has 1 fully saturated rings. The van der Waals surface area contributed by atoms with E-state index in [0.29, 0.717) is 25.8 Å². The Labute approximate surface area is 143 Å². The number of carbonyl (C=O) groups excluding carboxylic acids is 2. The molecule has 1 aliphatic carbocycles. The van der Waals surface area contributed by atoms with E-state index in [2.05, 4.69) is 10.6 Å². The van der Waals surface area contributed by atoms with Crippen molar-refractivity contribution in [3.05, 3.63) is 29.8 Å². The molecule has 1 aromatic carbocycles. The lowest BCUT2D eigenvalue weighted by Crippen LogP contribution is -2.38. The Hall–Kier alpha value is -1.88. The van der Waals surface area contributed by atoms with Gasteiger partial charge in [-0.1, -0.05) is 38.3 Å². The standard InChI is InChI=1S/C19H28N2O3/c1-2-6-17(22)21-16-9-7-15(8-10-16)14-20-18(23)13-19(24)11-4-3-5-12-19/h7-10,24H,2-6,11-14H2,1H3,(H,20,23)(H,21,22). The second-order valence-electron chi connectivity index (χ2n) is 6.73. The Kier molecular flexibility index (Phi) is 6.79. The SMILES string of the molecule is CCCC(=O)Nc1ccc(CNC(=O)CC2(O)CCCCC2)cc1. The molecule has 1 saturated carbocycles. The van der Waals surface area contributed by atoms with Crippen molar-refractivity contribution in [2.45, 2.75) is 70.4 Å². The van der Waals surface area contributed by atoms with Crippen molar-refractivity contribution in [2.24, 2.45) is 0 Å². The average molecular weight is 332 g/mol. The molecule has 0 unspecified atom stereocenters. The van der Waals surface area contributed by atoms with Crippen molar-refractivity contribution in [3.63, 3.8) is 0 Å². The van der Waals surface area contributed by atoms with Gasteiger partial charge in [-0.2, -0.15) is 0 Å². The van der Waals surface area contributed by atoms with Gasteiger partial charge >= 0.3 is 0 Å². The number of hydrogen-bond acceptors (Lipinski definition) is 3. The van der Waals surface area contributed by atoms with Crippen LogP contribution in [0.1, 0.15) is 63.9 Å². The third-order valence-corrected chi connectivity index (χ3v) is 4.48. The van der Waals surface area contributed by atoms with Crippen LogP contribution in [-0.4, -0.2) is 22.5 Å². The van der Waals surface area contributed by atoms with Crippen LogP contribution in [0.3, 0.4) is 0 Å². The molecular formula is C19H28N2O3. The number of benzene rings is 1. The van der Waals surface area contributed by atoms with Crippen molar-refractivity contribution >= 4 is 17.5 Å². The number of nitrogens with one attached hydrogen (secondary N) is 2. The molecule has 2 rings (SSSR count). The first-order valence-electron chi connectivity index (χ1n) is 8.89. The van der Waals surface area contributed by atoms with Crippen LogP contribution in [0.4, 0.5) is 5.69 Å². The van der Waals surface area contributed by atoms with E-state index < -0.39 is 5.60 Å². The molecule has 1 aromatic rings. The molecule has 0 radical (unpaired) electrons. The molecule has 132 valence electrons. The van der Waals surface area contributed by atoms with Crippen LogP contribution in [0.15, 0.2) is 24.3 Å². The lowest BCUT2D eigenvalue weighted by atomic mass is 9.82. The monoisotopic (exact) mass is 332 g/mol. The number of aliphatic hydroxyl groups is 1. The summed E-state index contributed by atoms with van der Waals surface area (Å²) < 4.78 is 0. The predicted octanol–water partition coefficient (Wildman–Crippen LogP) is 3.13. The molecule has 0 aliphatic heterocycles. The molecule has 24 heavy (non-hydrogen) atoms. The van der Waals surface area contributed by atoms with Gasteiger partial charge in [-0.15, -0.1) is 0 Å². The summed E-state index contributed by atoms with van der Waals surface area (Å²) in [7, 11) is 0. The number of anilines is 1. The first-order valence-corrected chi connectivity index (χ1v) is 8.89. The van der Waals surface area contributed by atoms with Crippen molar-refractivity contribution in [1.82, 2.24) is 5.32 Å². The first-order chi connectivity index (χ1) is 11.5. The molecule has 5 heteroatoms. The minimum Gasteiger partial charge on any atom is -0.389 e. The second-order valence-corrected chi connectivity index (χ2v) is 6.73. The lowest BCUT2D eigenvalue weighted by molar-refractivity contribution is -0.127. The molecular weight excluding hydrogens is 304 g/mol. The van der Waals surface area contributed by atoms with Gasteiger partial charge in [0.2, 0.25) is 11.8 Å². The highest BCUT2D eigenvalue weighted by molar-refractivity contribution is 5.90. The molecule has 3 N–H and O–H groups in total. The molecule has 0 bridgehead atoms. The zero-order chi connectivity index (χ0) is 17.4. The minimum absolute atomic E-state index is 0.0132. The summed E-state index contributed by atoms with van der Waals surface area (Å²) in [5.41, 5.74) is 0.906. The van der Waals surface area contributed by atoms with Gasteiger partial charge in [-0.05, 0) is 37.0 Å². The molecule has 0 saturated heterocycles. The van der Waals surface area contributed by atoms with Gasteiger partial charge in [0.1, 0.15) is 0 Å². The maximum absolute atomic E-state index is 12.0. The summed E-state index contributed by atoms with van der Waals surface area (Å²) in [6.45, 7) is 2.40.